The molecule has 0 aromatic heterocycles. The second-order valence-corrected chi connectivity index (χ2v) is 7.30. The van der Waals surface area contributed by atoms with Gasteiger partial charge in [0.1, 0.15) is 5.82 Å². The second kappa shape index (κ2) is 9.74. The van der Waals surface area contributed by atoms with Crippen molar-refractivity contribution in [3.63, 3.8) is 0 Å². The molecule has 2 heterocycles. The molecule has 0 aliphatic carbocycles. The van der Waals surface area contributed by atoms with E-state index in [-0.39, 0.29) is 5.82 Å². The molecule has 1 saturated heterocycles. The first-order valence-electron chi connectivity index (χ1n) is 9.89. The van der Waals surface area contributed by atoms with E-state index in [1.807, 2.05) is 20.0 Å². The van der Waals surface area contributed by atoms with Crippen LogP contribution in [0.1, 0.15) is 31.2 Å². The standard InChI is InChI=1S/C21H31FN4O/c1-16-14-18(22)5-6-20(16)26-11-3-4-19(15-26)25-21(23-2)24-10-7-17-8-12-27-13-9-17/h5-6,8,14,19H,3-4,7,9-13,15H2,1-2H3,(H2,23,24,25). The summed E-state index contributed by atoms with van der Waals surface area (Å²) in [5.41, 5.74) is 3.57. The van der Waals surface area contributed by atoms with Crippen LogP contribution in [0.5, 0.6) is 0 Å². The van der Waals surface area contributed by atoms with Crippen molar-refractivity contribution >= 4 is 11.6 Å². The van der Waals surface area contributed by atoms with Crippen LogP contribution in [0.2, 0.25) is 0 Å². The molecule has 27 heavy (non-hydrogen) atoms. The molecule has 0 bridgehead atoms. The monoisotopic (exact) mass is 374 g/mol. The highest BCUT2D eigenvalue weighted by atomic mass is 19.1. The van der Waals surface area contributed by atoms with Gasteiger partial charge >= 0.3 is 0 Å². The zero-order chi connectivity index (χ0) is 19.1. The van der Waals surface area contributed by atoms with Crippen LogP contribution in [0.15, 0.2) is 34.8 Å². The summed E-state index contributed by atoms with van der Waals surface area (Å²) >= 11 is 0. The maximum Gasteiger partial charge on any atom is 0.191 e. The van der Waals surface area contributed by atoms with Gasteiger partial charge in [-0.2, -0.15) is 0 Å². The third-order valence-electron chi connectivity index (χ3n) is 5.28. The summed E-state index contributed by atoms with van der Waals surface area (Å²) in [6.07, 6.45) is 6.46. The van der Waals surface area contributed by atoms with Gasteiger partial charge in [-0.15, -0.1) is 0 Å². The lowest BCUT2D eigenvalue weighted by molar-refractivity contribution is 0.153. The van der Waals surface area contributed by atoms with Crippen molar-refractivity contribution in [3.8, 4) is 0 Å². The molecule has 2 N–H and O–H groups in total. The molecule has 2 aliphatic heterocycles. The number of anilines is 1. The number of benzene rings is 1. The molecule has 1 fully saturated rings. The summed E-state index contributed by atoms with van der Waals surface area (Å²) in [4.78, 5) is 6.72. The SMILES string of the molecule is CN=C(NCCC1=CCOCC1)NC1CCCN(c2ccc(F)cc2C)C1. The Morgan fingerprint density at radius 1 is 1.41 bits per heavy atom. The smallest absolute Gasteiger partial charge is 0.191 e. The van der Waals surface area contributed by atoms with Crippen LogP contribution in [0, 0.1) is 12.7 Å². The predicted molar refractivity (Wildman–Crippen MR) is 109 cm³/mol. The molecule has 1 unspecified atom stereocenters. The van der Waals surface area contributed by atoms with Gasteiger partial charge in [0.05, 0.1) is 13.2 Å². The Morgan fingerprint density at radius 3 is 3.04 bits per heavy atom. The first-order valence-corrected chi connectivity index (χ1v) is 9.89. The van der Waals surface area contributed by atoms with Crippen molar-refractivity contribution in [2.45, 2.75) is 38.6 Å². The van der Waals surface area contributed by atoms with Crippen molar-refractivity contribution < 1.29 is 9.13 Å². The number of nitrogens with one attached hydrogen (secondary N) is 2. The normalized spacial score (nSPS) is 21.0. The minimum absolute atomic E-state index is 0.174. The molecule has 1 aromatic rings. The van der Waals surface area contributed by atoms with Crippen molar-refractivity contribution in [2.24, 2.45) is 4.99 Å². The van der Waals surface area contributed by atoms with Gasteiger partial charge in [-0.3, -0.25) is 4.99 Å². The van der Waals surface area contributed by atoms with Gasteiger partial charge in [-0.05, 0) is 56.4 Å². The minimum atomic E-state index is -0.174. The Bertz CT molecular complexity index is 689. The van der Waals surface area contributed by atoms with Crippen molar-refractivity contribution in [1.29, 1.82) is 0 Å². The molecular weight excluding hydrogens is 343 g/mol. The van der Waals surface area contributed by atoms with Crippen LogP contribution >= 0.6 is 0 Å². The first-order chi connectivity index (χ1) is 13.2. The van der Waals surface area contributed by atoms with Gasteiger partial charge in [0.15, 0.2) is 5.96 Å². The van der Waals surface area contributed by atoms with Crippen LogP contribution < -0.4 is 15.5 Å². The Balaban J connectivity index is 1.50. The van der Waals surface area contributed by atoms with E-state index in [2.05, 4.69) is 26.6 Å². The zero-order valence-corrected chi connectivity index (χ0v) is 16.4. The van der Waals surface area contributed by atoms with Gasteiger partial charge in [0.2, 0.25) is 0 Å². The van der Waals surface area contributed by atoms with Gasteiger partial charge < -0.3 is 20.3 Å². The summed E-state index contributed by atoms with van der Waals surface area (Å²) in [6.45, 7) is 6.32. The number of halogens is 1. The number of hydrogen-bond acceptors (Lipinski definition) is 3. The van der Waals surface area contributed by atoms with Crippen molar-refractivity contribution in [1.82, 2.24) is 10.6 Å². The average molecular weight is 375 g/mol. The minimum Gasteiger partial charge on any atom is -0.377 e. The van der Waals surface area contributed by atoms with Crippen LogP contribution in [0.3, 0.4) is 0 Å². The van der Waals surface area contributed by atoms with Crippen LogP contribution in [-0.2, 0) is 4.74 Å². The highest BCUT2D eigenvalue weighted by Crippen LogP contribution is 2.24. The Morgan fingerprint density at radius 2 is 2.30 bits per heavy atom. The highest BCUT2D eigenvalue weighted by molar-refractivity contribution is 5.80. The summed E-state index contributed by atoms with van der Waals surface area (Å²) < 4.78 is 18.7. The summed E-state index contributed by atoms with van der Waals surface area (Å²) in [7, 11) is 1.81. The second-order valence-electron chi connectivity index (χ2n) is 7.30. The summed E-state index contributed by atoms with van der Waals surface area (Å²) in [6, 6.07) is 5.38. The third-order valence-corrected chi connectivity index (χ3v) is 5.28. The van der Waals surface area contributed by atoms with E-state index in [1.54, 1.807) is 12.1 Å². The third kappa shape index (κ3) is 5.70. The maximum absolute atomic E-state index is 13.4. The van der Waals surface area contributed by atoms with Gasteiger partial charge in [0, 0.05) is 38.4 Å². The molecule has 2 aliphatic rings. The molecule has 0 spiro atoms. The molecule has 0 amide bonds. The number of nitrogens with zero attached hydrogens (tertiary/aromatic N) is 2. The van der Waals surface area contributed by atoms with Gasteiger partial charge in [-0.25, -0.2) is 4.39 Å². The molecule has 3 rings (SSSR count). The summed E-state index contributed by atoms with van der Waals surface area (Å²) in [5.74, 6) is 0.678. The van der Waals surface area contributed by atoms with E-state index in [0.717, 1.165) is 75.7 Å². The van der Waals surface area contributed by atoms with E-state index in [9.17, 15) is 4.39 Å². The summed E-state index contributed by atoms with van der Waals surface area (Å²) in [5, 5.41) is 6.98. The fraction of sp³-hybridized carbons (Fsp3) is 0.571. The lowest BCUT2D eigenvalue weighted by atomic mass is 10.0. The largest absolute Gasteiger partial charge is 0.377 e. The molecule has 6 heteroatoms. The Hall–Kier alpha value is -2.08. The predicted octanol–water partition coefficient (Wildman–Crippen LogP) is 3.00. The molecule has 0 saturated carbocycles. The lowest BCUT2D eigenvalue weighted by Crippen LogP contribution is -2.51. The fourth-order valence-corrected chi connectivity index (χ4v) is 3.81. The first kappa shape index (κ1) is 19.7. The van der Waals surface area contributed by atoms with E-state index in [1.165, 1.54) is 5.57 Å². The molecular formula is C21H31FN4O. The zero-order valence-electron chi connectivity index (χ0n) is 16.4. The Labute approximate surface area is 161 Å². The molecule has 1 atom stereocenters. The molecule has 5 nitrogen and oxygen atoms in total. The molecule has 1 aromatic carbocycles. The number of hydrogen-bond donors (Lipinski definition) is 2. The maximum atomic E-state index is 13.4. The topological polar surface area (TPSA) is 48.9 Å². The van der Waals surface area contributed by atoms with E-state index in [4.69, 9.17) is 4.74 Å². The lowest BCUT2D eigenvalue weighted by Gasteiger charge is -2.36. The van der Waals surface area contributed by atoms with Crippen molar-refractivity contribution in [3.05, 3.63) is 41.2 Å². The average Bonchev–Trinajstić information content (AvgIpc) is 2.68. The number of rotatable bonds is 5. The van der Waals surface area contributed by atoms with Gasteiger partial charge in [0.25, 0.3) is 0 Å². The Kier molecular flexibility index (Phi) is 7.10. The van der Waals surface area contributed by atoms with Crippen LogP contribution in [0.4, 0.5) is 10.1 Å². The van der Waals surface area contributed by atoms with E-state index >= 15 is 0 Å². The molecule has 148 valence electrons. The quantitative estimate of drug-likeness (QED) is 0.473. The number of aliphatic imine (C=N–C) groups is 1. The number of piperidine rings is 1. The van der Waals surface area contributed by atoms with Crippen molar-refractivity contribution in [2.75, 3.05) is 44.8 Å². The molecule has 0 radical (unpaired) electrons. The number of aryl methyl sites for hydroxylation is 1. The van der Waals surface area contributed by atoms with E-state index < -0.39 is 0 Å². The fourth-order valence-electron chi connectivity index (χ4n) is 3.81. The van der Waals surface area contributed by atoms with Crippen LogP contribution in [-0.4, -0.2) is 51.9 Å². The van der Waals surface area contributed by atoms with Gasteiger partial charge in [-0.1, -0.05) is 11.6 Å². The number of guanidine groups is 1. The number of ether oxygens (including phenoxy) is 1. The van der Waals surface area contributed by atoms with Crippen LogP contribution in [0.25, 0.3) is 0 Å². The highest BCUT2D eigenvalue weighted by Gasteiger charge is 2.22. The van der Waals surface area contributed by atoms with E-state index in [0.29, 0.717) is 6.04 Å².